The molecule has 1 aromatic heterocycles. The zero-order chi connectivity index (χ0) is 24.7. The lowest BCUT2D eigenvalue weighted by Crippen LogP contribution is -2.49. The molecule has 182 valence electrons. The van der Waals surface area contributed by atoms with Gasteiger partial charge in [-0.05, 0) is 37.7 Å². The number of methoxy groups -OCH3 is 1. The standard InChI is InChI=1S/C26H32FN3O4/c1-18-14-30(19(2)17-31)26(32)23-12-21(6-5-11-33-4)13-28-25(23)34-24(18)16-29(3)15-20-7-9-22(27)10-8-20/h7-10,12-13,18-19,24,31H,11,14-17H2,1-4H3/t18-,19-,24-/m0/s1. The second-order valence-electron chi connectivity index (χ2n) is 8.76. The molecular formula is C26H32FN3O4. The molecule has 0 unspecified atom stereocenters. The lowest BCUT2D eigenvalue weighted by molar-refractivity contribution is 0.0325. The highest BCUT2D eigenvalue weighted by atomic mass is 19.1. The summed E-state index contributed by atoms with van der Waals surface area (Å²) in [6.45, 7) is 5.59. The first-order chi connectivity index (χ1) is 16.3. The number of aromatic nitrogens is 1. The number of hydrogen-bond acceptors (Lipinski definition) is 6. The van der Waals surface area contributed by atoms with Crippen molar-refractivity contribution in [3.8, 4) is 17.7 Å². The Kier molecular flexibility index (Phi) is 8.99. The van der Waals surface area contributed by atoms with Crippen LogP contribution in [0.3, 0.4) is 0 Å². The first kappa shape index (κ1) is 25.6. The number of ether oxygens (including phenoxy) is 2. The third-order valence-electron chi connectivity index (χ3n) is 5.83. The summed E-state index contributed by atoms with van der Waals surface area (Å²) in [6.07, 6.45) is 1.32. The average Bonchev–Trinajstić information content (AvgIpc) is 2.82. The summed E-state index contributed by atoms with van der Waals surface area (Å²) in [6, 6.07) is 7.75. The van der Waals surface area contributed by atoms with E-state index in [4.69, 9.17) is 9.47 Å². The molecule has 2 heterocycles. The zero-order valence-corrected chi connectivity index (χ0v) is 20.1. The Bertz CT molecular complexity index is 1030. The summed E-state index contributed by atoms with van der Waals surface area (Å²) in [5.74, 6) is 5.53. The predicted molar refractivity (Wildman–Crippen MR) is 127 cm³/mol. The molecule has 1 amide bonds. The number of pyridine rings is 1. The van der Waals surface area contributed by atoms with Crippen LogP contribution in [0, 0.1) is 23.6 Å². The van der Waals surface area contributed by atoms with Crippen LogP contribution in [-0.4, -0.2) is 78.4 Å². The number of aliphatic hydroxyl groups is 1. The van der Waals surface area contributed by atoms with Crippen molar-refractivity contribution in [2.45, 2.75) is 32.5 Å². The fourth-order valence-corrected chi connectivity index (χ4v) is 3.87. The van der Waals surface area contributed by atoms with Crippen LogP contribution < -0.4 is 4.74 Å². The van der Waals surface area contributed by atoms with Gasteiger partial charge in [0.2, 0.25) is 5.88 Å². The highest BCUT2D eigenvalue weighted by Gasteiger charge is 2.34. The maximum absolute atomic E-state index is 13.4. The van der Waals surface area contributed by atoms with Crippen molar-refractivity contribution in [1.29, 1.82) is 0 Å². The number of hydrogen-bond donors (Lipinski definition) is 1. The molecule has 0 radical (unpaired) electrons. The Morgan fingerprint density at radius 1 is 1.38 bits per heavy atom. The maximum atomic E-state index is 13.4. The van der Waals surface area contributed by atoms with Gasteiger partial charge in [0.05, 0.1) is 12.6 Å². The van der Waals surface area contributed by atoms with Gasteiger partial charge >= 0.3 is 0 Å². The van der Waals surface area contributed by atoms with Gasteiger partial charge < -0.3 is 19.5 Å². The van der Waals surface area contributed by atoms with Gasteiger partial charge in [0.1, 0.15) is 24.1 Å². The molecular weight excluding hydrogens is 437 g/mol. The third-order valence-corrected chi connectivity index (χ3v) is 5.83. The van der Waals surface area contributed by atoms with E-state index in [1.807, 2.05) is 20.9 Å². The predicted octanol–water partition coefficient (Wildman–Crippen LogP) is 2.57. The minimum atomic E-state index is -0.360. The summed E-state index contributed by atoms with van der Waals surface area (Å²) in [5.41, 5.74) is 1.90. The summed E-state index contributed by atoms with van der Waals surface area (Å²) >= 11 is 0. The molecule has 0 bridgehead atoms. The molecule has 3 atom stereocenters. The Labute approximate surface area is 200 Å². The molecule has 1 aliphatic rings. The average molecular weight is 470 g/mol. The van der Waals surface area contributed by atoms with E-state index in [9.17, 15) is 14.3 Å². The van der Waals surface area contributed by atoms with Gasteiger partial charge in [0.25, 0.3) is 5.91 Å². The molecule has 34 heavy (non-hydrogen) atoms. The molecule has 1 N–H and O–H groups in total. The van der Waals surface area contributed by atoms with Gasteiger partial charge in [-0.25, -0.2) is 9.37 Å². The van der Waals surface area contributed by atoms with E-state index in [-0.39, 0.29) is 48.9 Å². The number of halogens is 1. The second-order valence-corrected chi connectivity index (χ2v) is 8.76. The van der Waals surface area contributed by atoms with Gasteiger partial charge in [-0.2, -0.15) is 0 Å². The van der Waals surface area contributed by atoms with Crippen molar-refractivity contribution in [2.24, 2.45) is 5.92 Å². The van der Waals surface area contributed by atoms with E-state index in [0.29, 0.717) is 30.8 Å². The van der Waals surface area contributed by atoms with Crippen molar-refractivity contribution < 1.29 is 23.8 Å². The molecule has 3 rings (SSSR count). The van der Waals surface area contributed by atoms with Crippen molar-refractivity contribution in [1.82, 2.24) is 14.8 Å². The number of carbonyl (C=O) groups excluding carboxylic acids is 1. The Morgan fingerprint density at radius 3 is 2.79 bits per heavy atom. The monoisotopic (exact) mass is 469 g/mol. The molecule has 1 aromatic carbocycles. The van der Waals surface area contributed by atoms with Crippen molar-refractivity contribution in [3.63, 3.8) is 0 Å². The Morgan fingerprint density at radius 2 is 2.12 bits per heavy atom. The van der Waals surface area contributed by atoms with E-state index in [1.165, 1.54) is 12.1 Å². The normalized spacial score (nSPS) is 18.9. The molecule has 0 saturated heterocycles. The molecule has 7 nitrogen and oxygen atoms in total. The molecule has 0 saturated carbocycles. The molecule has 2 aromatic rings. The number of amides is 1. The van der Waals surface area contributed by atoms with Gasteiger partial charge in [-0.3, -0.25) is 9.69 Å². The number of carbonyl (C=O) groups is 1. The topological polar surface area (TPSA) is 75.1 Å². The van der Waals surface area contributed by atoms with Crippen molar-refractivity contribution in [3.05, 3.63) is 59.0 Å². The largest absolute Gasteiger partial charge is 0.472 e. The molecule has 0 aliphatic carbocycles. The van der Waals surface area contributed by atoms with Crippen LogP contribution in [0.25, 0.3) is 0 Å². The van der Waals surface area contributed by atoms with Crippen LogP contribution in [0.1, 0.15) is 35.3 Å². The summed E-state index contributed by atoms with van der Waals surface area (Å²) in [4.78, 5) is 21.6. The number of nitrogens with zero attached hydrogens (tertiary/aromatic N) is 3. The number of rotatable bonds is 7. The Hall–Kier alpha value is -2.99. The number of likely N-dealkylation sites (N-methyl/N-ethyl adjacent to an activating group) is 1. The van der Waals surface area contributed by atoms with Crippen LogP contribution in [0.15, 0.2) is 36.5 Å². The minimum absolute atomic E-state index is 0.0234. The van der Waals surface area contributed by atoms with Crippen molar-refractivity contribution >= 4 is 5.91 Å². The number of aliphatic hydroxyl groups excluding tert-OH is 1. The SMILES string of the molecule is COCC#Cc1cnc2c(c1)C(=O)N([C@@H](C)CO)C[C@H](C)[C@H](CN(C)Cc1ccc(F)cc1)O2. The fraction of sp³-hybridized carbons (Fsp3) is 0.462. The first-order valence-electron chi connectivity index (χ1n) is 11.3. The lowest BCUT2D eigenvalue weighted by Gasteiger charge is -2.37. The molecule has 0 spiro atoms. The molecule has 0 fully saturated rings. The third kappa shape index (κ3) is 6.54. The highest BCUT2D eigenvalue weighted by molar-refractivity contribution is 5.97. The van der Waals surface area contributed by atoms with E-state index in [2.05, 4.69) is 21.7 Å². The van der Waals surface area contributed by atoms with E-state index >= 15 is 0 Å². The zero-order valence-electron chi connectivity index (χ0n) is 20.1. The quantitative estimate of drug-likeness (QED) is 0.629. The smallest absolute Gasteiger partial charge is 0.259 e. The fourth-order valence-electron chi connectivity index (χ4n) is 3.87. The molecule has 8 heteroatoms. The molecule has 1 aliphatic heterocycles. The first-order valence-corrected chi connectivity index (χ1v) is 11.3. The van der Waals surface area contributed by atoms with Crippen LogP contribution in [0.2, 0.25) is 0 Å². The van der Waals surface area contributed by atoms with Gasteiger partial charge in [-0.15, -0.1) is 0 Å². The van der Waals surface area contributed by atoms with Crippen molar-refractivity contribution in [2.75, 3.05) is 40.5 Å². The van der Waals surface area contributed by atoms with Crippen LogP contribution in [0.4, 0.5) is 4.39 Å². The van der Waals surface area contributed by atoms with E-state index in [0.717, 1.165) is 5.56 Å². The van der Waals surface area contributed by atoms with Crippen LogP contribution >= 0.6 is 0 Å². The second kappa shape index (κ2) is 11.9. The van der Waals surface area contributed by atoms with Gasteiger partial charge in [0, 0.05) is 44.4 Å². The Balaban J connectivity index is 1.88. The van der Waals surface area contributed by atoms with Crippen LogP contribution in [0.5, 0.6) is 5.88 Å². The van der Waals surface area contributed by atoms with Gasteiger partial charge in [-0.1, -0.05) is 30.9 Å². The van der Waals surface area contributed by atoms with E-state index < -0.39 is 0 Å². The van der Waals surface area contributed by atoms with E-state index in [1.54, 1.807) is 36.4 Å². The number of fused-ring (bicyclic) bond motifs is 1. The highest BCUT2D eigenvalue weighted by Crippen LogP contribution is 2.27. The maximum Gasteiger partial charge on any atom is 0.259 e. The summed E-state index contributed by atoms with van der Waals surface area (Å²) in [7, 11) is 3.54. The van der Waals surface area contributed by atoms with Gasteiger partial charge in [0.15, 0.2) is 0 Å². The number of benzene rings is 1. The van der Waals surface area contributed by atoms with Crippen LogP contribution in [-0.2, 0) is 11.3 Å². The summed E-state index contributed by atoms with van der Waals surface area (Å²) in [5, 5.41) is 9.78. The lowest BCUT2D eigenvalue weighted by atomic mass is 9.99. The minimum Gasteiger partial charge on any atom is -0.472 e. The summed E-state index contributed by atoms with van der Waals surface area (Å²) < 4.78 is 24.5.